The van der Waals surface area contributed by atoms with Gasteiger partial charge >= 0.3 is 0 Å². The van der Waals surface area contributed by atoms with Crippen molar-refractivity contribution in [2.75, 3.05) is 0 Å². The van der Waals surface area contributed by atoms with Crippen molar-refractivity contribution in [1.82, 2.24) is 0 Å². The zero-order chi connectivity index (χ0) is 16.8. The van der Waals surface area contributed by atoms with Gasteiger partial charge in [0.15, 0.2) is 0 Å². The molecule has 0 radical (unpaired) electrons. The van der Waals surface area contributed by atoms with Gasteiger partial charge in [0.2, 0.25) is 0 Å². The molecule has 0 saturated heterocycles. The lowest BCUT2D eigenvalue weighted by Crippen LogP contribution is -2.20. The fraction of sp³-hybridized carbons (Fsp3) is 1.00. The summed E-state index contributed by atoms with van der Waals surface area (Å²) in [6.45, 7) is 4.19. The predicted molar refractivity (Wildman–Crippen MR) is 92.7 cm³/mol. The molecule has 0 aromatic rings. The first-order valence-electron chi connectivity index (χ1n) is 9.06. The molecule has 0 saturated carbocycles. The molecule has 0 heterocycles. The molecule has 4 nitrogen and oxygen atoms in total. The molecule has 0 spiro atoms. The third-order valence-electron chi connectivity index (χ3n) is 4.26. The molecule has 0 aliphatic carbocycles. The summed E-state index contributed by atoms with van der Waals surface area (Å²) in [4.78, 5) is 0. The minimum Gasteiger partial charge on any atom is -0.393 e. The molecule has 0 rings (SSSR count). The SMILES string of the molecule is CCCCCCC(O)CCCCCC(CCCC)S(=O)(=O)O. The quantitative estimate of drug-likeness (QED) is 0.335. The van der Waals surface area contributed by atoms with E-state index in [9.17, 15) is 18.1 Å². The Morgan fingerprint density at radius 2 is 1.18 bits per heavy atom. The van der Waals surface area contributed by atoms with Crippen molar-refractivity contribution in [3.63, 3.8) is 0 Å². The maximum atomic E-state index is 11.3. The van der Waals surface area contributed by atoms with Gasteiger partial charge in [-0.2, -0.15) is 8.42 Å². The monoisotopic (exact) mass is 336 g/mol. The van der Waals surface area contributed by atoms with E-state index in [1.54, 1.807) is 0 Å². The predicted octanol–water partition coefficient (Wildman–Crippen LogP) is 4.71. The summed E-state index contributed by atoms with van der Waals surface area (Å²) in [6, 6.07) is 0. The molecule has 134 valence electrons. The van der Waals surface area contributed by atoms with Crippen molar-refractivity contribution in [2.45, 2.75) is 109 Å². The van der Waals surface area contributed by atoms with E-state index < -0.39 is 15.4 Å². The van der Waals surface area contributed by atoms with Gasteiger partial charge < -0.3 is 5.11 Å². The summed E-state index contributed by atoms with van der Waals surface area (Å²) in [7, 11) is -3.91. The number of aliphatic hydroxyl groups excluding tert-OH is 1. The lowest BCUT2D eigenvalue weighted by Gasteiger charge is -2.14. The Kier molecular flexibility index (Phi) is 13.2. The molecule has 0 aliphatic heterocycles. The van der Waals surface area contributed by atoms with Gasteiger partial charge in [-0.15, -0.1) is 0 Å². The highest BCUT2D eigenvalue weighted by Crippen LogP contribution is 2.18. The maximum absolute atomic E-state index is 11.3. The Labute approximate surface area is 137 Å². The fourth-order valence-corrected chi connectivity index (χ4v) is 3.68. The first-order valence-corrected chi connectivity index (χ1v) is 10.6. The first kappa shape index (κ1) is 21.9. The summed E-state index contributed by atoms with van der Waals surface area (Å²) in [5.74, 6) is 0. The van der Waals surface area contributed by atoms with Gasteiger partial charge in [-0.3, -0.25) is 4.55 Å². The summed E-state index contributed by atoms with van der Waals surface area (Å²) in [5, 5.41) is 9.26. The Morgan fingerprint density at radius 3 is 1.68 bits per heavy atom. The van der Waals surface area contributed by atoms with Gasteiger partial charge in [0.1, 0.15) is 0 Å². The number of hydrogen-bond donors (Lipinski definition) is 2. The number of rotatable bonds is 15. The molecule has 0 aromatic heterocycles. The van der Waals surface area contributed by atoms with Crippen molar-refractivity contribution < 1.29 is 18.1 Å². The average molecular weight is 337 g/mol. The largest absolute Gasteiger partial charge is 0.393 e. The summed E-state index contributed by atoms with van der Waals surface area (Å²) < 4.78 is 31.8. The van der Waals surface area contributed by atoms with Crippen LogP contribution in [0.4, 0.5) is 0 Å². The van der Waals surface area contributed by atoms with Crippen LogP contribution >= 0.6 is 0 Å². The van der Waals surface area contributed by atoms with Crippen molar-refractivity contribution in [2.24, 2.45) is 0 Å². The molecule has 2 unspecified atom stereocenters. The van der Waals surface area contributed by atoms with Gasteiger partial charge in [0.25, 0.3) is 10.1 Å². The van der Waals surface area contributed by atoms with Gasteiger partial charge in [0.05, 0.1) is 11.4 Å². The molecule has 2 atom stereocenters. The molecular formula is C17H36O4S. The molecule has 2 N–H and O–H groups in total. The Hall–Kier alpha value is -0.130. The van der Waals surface area contributed by atoms with Crippen LogP contribution in [0.15, 0.2) is 0 Å². The Balaban J connectivity index is 3.72. The van der Waals surface area contributed by atoms with E-state index in [0.29, 0.717) is 12.8 Å². The molecule has 0 amide bonds. The zero-order valence-electron chi connectivity index (χ0n) is 14.5. The van der Waals surface area contributed by atoms with E-state index in [0.717, 1.165) is 51.4 Å². The minimum absolute atomic E-state index is 0.214. The normalized spacial score (nSPS) is 14.9. The number of aliphatic hydroxyl groups is 1. The topological polar surface area (TPSA) is 74.6 Å². The first-order chi connectivity index (χ1) is 10.4. The van der Waals surface area contributed by atoms with Crippen molar-refractivity contribution in [3.8, 4) is 0 Å². The molecule has 0 aromatic carbocycles. The van der Waals surface area contributed by atoms with Crippen molar-refractivity contribution >= 4 is 10.1 Å². The second-order valence-corrected chi connectivity index (χ2v) is 8.12. The highest BCUT2D eigenvalue weighted by molar-refractivity contribution is 7.86. The van der Waals surface area contributed by atoms with E-state index in [2.05, 4.69) is 6.92 Å². The highest BCUT2D eigenvalue weighted by atomic mass is 32.2. The standard InChI is InChI=1S/C17H36O4S/c1-3-5-7-9-12-16(18)13-10-8-11-15-17(14-6-4-2)22(19,20)21/h16-18H,3-15H2,1-2H3,(H,19,20,21). The van der Waals surface area contributed by atoms with E-state index in [4.69, 9.17) is 0 Å². The van der Waals surface area contributed by atoms with Crippen LogP contribution in [0.3, 0.4) is 0 Å². The lowest BCUT2D eigenvalue weighted by molar-refractivity contribution is 0.147. The van der Waals surface area contributed by atoms with Crippen LogP contribution in [-0.4, -0.2) is 29.4 Å². The second-order valence-electron chi connectivity index (χ2n) is 6.42. The summed E-state index contributed by atoms with van der Waals surface area (Å²) in [5.41, 5.74) is 0. The van der Waals surface area contributed by atoms with E-state index >= 15 is 0 Å². The molecule has 22 heavy (non-hydrogen) atoms. The highest BCUT2D eigenvalue weighted by Gasteiger charge is 2.21. The summed E-state index contributed by atoms with van der Waals surface area (Å²) >= 11 is 0. The Morgan fingerprint density at radius 1 is 0.727 bits per heavy atom. The van der Waals surface area contributed by atoms with Crippen LogP contribution in [0.2, 0.25) is 0 Å². The zero-order valence-corrected chi connectivity index (χ0v) is 15.3. The van der Waals surface area contributed by atoms with Crippen molar-refractivity contribution in [3.05, 3.63) is 0 Å². The fourth-order valence-electron chi connectivity index (χ4n) is 2.75. The average Bonchev–Trinajstić information content (AvgIpc) is 2.45. The van der Waals surface area contributed by atoms with Crippen LogP contribution < -0.4 is 0 Å². The van der Waals surface area contributed by atoms with Crippen LogP contribution in [0, 0.1) is 0 Å². The van der Waals surface area contributed by atoms with E-state index in [1.807, 2.05) is 6.92 Å². The van der Waals surface area contributed by atoms with E-state index in [-0.39, 0.29) is 6.10 Å². The van der Waals surface area contributed by atoms with Gasteiger partial charge in [-0.1, -0.05) is 71.6 Å². The van der Waals surface area contributed by atoms with Gasteiger partial charge in [-0.05, 0) is 25.7 Å². The van der Waals surface area contributed by atoms with Crippen LogP contribution in [0.5, 0.6) is 0 Å². The van der Waals surface area contributed by atoms with Crippen LogP contribution in [-0.2, 0) is 10.1 Å². The minimum atomic E-state index is -3.91. The third-order valence-corrected chi connectivity index (χ3v) is 5.57. The van der Waals surface area contributed by atoms with Crippen LogP contribution in [0.1, 0.15) is 97.3 Å². The smallest absolute Gasteiger partial charge is 0.267 e. The van der Waals surface area contributed by atoms with Crippen molar-refractivity contribution in [1.29, 1.82) is 0 Å². The Bertz CT molecular complexity index is 341. The third kappa shape index (κ3) is 12.4. The number of hydrogen-bond acceptors (Lipinski definition) is 3. The van der Waals surface area contributed by atoms with Crippen LogP contribution in [0.25, 0.3) is 0 Å². The van der Waals surface area contributed by atoms with Gasteiger partial charge in [0, 0.05) is 0 Å². The maximum Gasteiger partial charge on any atom is 0.267 e. The lowest BCUT2D eigenvalue weighted by atomic mass is 10.0. The molecular weight excluding hydrogens is 300 g/mol. The second kappa shape index (κ2) is 13.3. The molecule has 0 bridgehead atoms. The molecule has 5 heteroatoms. The number of unbranched alkanes of at least 4 members (excludes halogenated alkanes) is 6. The molecule has 0 fully saturated rings. The summed E-state index contributed by atoms with van der Waals surface area (Å²) in [6.07, 6.45) is 11.7. The molecule has 0 aliphatic rings. The van der Waals surface area contributed by atoms with Gasteiger partial charge in [-0.25, -0.2) is 0 Å². The van der Waals surface area contributed by atoms with E-state index in [1.165, 1.54) is 19.3 Å².